The van der Waals surface area contributed by atoms with Gasteiger partial charge in [-0.2, -0.15) is 0 Å². The highest BCUT2D eigenvalue weighted by molar-refractivity contribution is 6.00. The number of nitrogens with one attached hydrogen (secondary N) is 2. The Morgan fingerprint density at radius 1 is 0.781 bits per heavy atom. The van der Waals surface area contributed by atoms with Crippen molar-refractivity contribution in [2.24, 2.45) is 0 Å². The summed E-state index contributed by atoms with van der Waals surface area (Å²) in [7, 11) is 0. The van der Waals surface area contributed by atoms with Crippen molar-refractivity contribution in [3.63, 3.8) is 0 Å². The zero-order valence-electron chi connectivity index (χ0n) is 21.2. The van der Waals surface area contributed by atoms with Crippen LogP contribution in [-0.2, 0) is 4.79 Å². The Kier molecular flexibility index (Phi) is 11.4. The van der Waals surface area contributed by atoms with Gasteiger partial charge in [0.25, 0.3) is 11.8 Å². The number of carbonyl (C=O) groups excluding carboxylic acids is 3. The first-order valence-corrected chi connectivity index (χ1v) is 12.0. The number of amides is 3. The lowest BCUT2D eigenvalue weighted by Crippen LogP contribution is -2.41. The minimum absolute atomic E-state index is 0.0301. The molecular weight excluding hydrogens is 402 g/mol. The minimum atomic E-state index is -0.173. The zero-order valence-corrected chi connectivity index (χ0v) is 21.2. The van der Waals surface area contributed by atoms with Crippen molar-refractivity contribution in [2.45, 2.75) is 105 Å². The maximum atomic E-state index is 12.7. The van der Waals surface area contributed by atoms with Crippen LogP contribution in [0.2, 0.25) is 0 Å². The molecule has 0 saturated heterocycles. The van der Waals surface area contributed by atoms with Gasteiger partial charge in [-0.1, -0.05) is 20.3 Å². The topological polar surface area (TPSA) is 78.5 Å². The molecule has 0 radical (unpaired) electrons. The summed E-state index contributed by atoms with van der Waals surface area (Å²) in [4.78, 5) is 39.5. The molecule has 6 nitrogen and oxygen atoms in total. The number of benzene rings is 1. The normalized spacial score (nSPS) is 11.4. The molecule has 0 aliphatic rings. The monoisotopic (exact) mass is 445 g/mol. The van der Waals surface area contributed by atoms with E-state index in [1.165, 1.54) is 0 Å². The molecule has 32 heavy (non-hydrogen) atoms. The molecule has 0 bridgehead atoms. The first kappa shape index (κ1) is 27.7. The lowest BCUT2D eigenvalue weighted by atomic mass is 9.97. The molecule has 1 rings (SSSR count). The van der Waals surface area contributed by atoms with Crippen LogP contribution < -0.4 is 10.6 Å². The van der Waals surface area contributed by atoms with E-state index in [1.807, 2.05) is 72.4 Å². The van der Waals surface area contributed by atoms with Gasteiger partial charge in [0.15, 0.2) is 0 Å². The zero-order chi connectivity index (χ0) is 24.4. The first-order chi connectivity index (χ1) is 14.9. The van der Waals surface area contributed by atoms with Gasteiger partial charge in [0, 0.05) is 42.2 Å². The van der Waals surface area contributed by atoms with Crippen LogP contribution in [0.4, 0.5) is 0 Å². The Morgan fingerprint density at radius 2 is 1.34 bits per heavy atom. The second-order valence-corrected chi connectivity index (χ2v) is 9.68. The Balaban J connectivity index is 2.59. The van der Waals surface area contributed by atoms with E-state index < -0.39 is 0 Å². The van der Waals surface area contributed by atoms with Crippen LogP contribution in [0, 0.1) is 0 Å². The molecule has 180 valence electrons. The summed E-state index contributed by atoms with van der Waals surface area (Å²) in [6, 6.07) is 5.81. The van der Waals surface area contributed by atoms with Crippen LogP contribution in [0.1, 0.15) is 113 Å². The van der Waals surface area contributed by atoms with Gasteiger partial charge < -0.3 is 15.5 Å². The van der Waals surface area contributed by atoms with Crippen LogP contribution in [0.3, 0.4) is 0 Å². The van der Waals surface area contributed by atoms with E-state index in [1.54, 1.807) is 6.07 Å². The van der Waals surface area contributed by atoms with Gasteiger partial charge in [-0.3, -0.25) is 14.4 Å². The summed E-state index contributed by atoms with van der Waals surface area (Å²) >= 11 is 0. The van der Waals surface area contributed by atoms with Crippen molar-refractivity contribution < 1.29 is 14.4 Å². The van der Waals surface area contributed by atoms with Gasteiger partial charge in [-0.25, -0.2) is 0 Å². The molecule has 0 spiro atoms. The molecule has 0 heterocycles. The highest BCUT2D eigenvalue weighted by atomic mass is 16.2. The van der Waals surface area contributed by atoms with Crippen LogP contribution in [-0.4, -0.2) is 47.3 Å². The second kappa shape index (κ2) is 13.2. The molecule has 0 aliphatic carbocycles. The third kappa shape index (κ3) is 9.01. The largest absolute Gasteiger partial charge is 0.352 e. The van der Waals surface area contributed by atoms with E-state index in [2.05, 4.69) is 10.6 Å². The van der Waals surface area contributed by atoms with Crippen LogP contribution in [0.15, 0.2) is 18.2 Å². The van der Waals surface area contributed by atoms with Crippen LogP contribution >= 0.6 is 0 Å². The standard InChI is InChI=1S/C26H43N3O3/c1-17(2)21-14-22(16-23(15-21)26(32)28-18(3)4)25(31)27-13-11-9-10-12-24(30)29(19(5)6)20(7)8/h14-20H,9-13H2,1-8H3,(H,27,31)(H,28,32). The molecule has 1 aromatic carbocycles. The fourth-order valence-electron chi connectivity index (χ4n) is 3.78. The van der Waals surface area contributed by atoms with Crippen LogP contribution in [0.25, 0.3) is 0 Å². The number of rotatable bonds is 12. The van der Waals surface area contributed by atoms with Gasteiger partial charge in [0.05, 0.1) is 0 Å². The molecule has 0 unspecified atom stereocenters. The van der Waals surface area contributed by atoms with Gasteiger partial charge in [0.2, 0.25) is 5.91 Å². The smallest absolute Gasteiger partial charge is 0.251 e. The molecule has 0 atom stereocenters. The molecule has 6 heteroatoms. The number of unbranched alkanes of at least 4 members (excludes halogenated alkanes) is 2. The quantitative estimate of drug-likeness (QED) is 0.450. The van der Waals surface area contributed by atoms with Gasteiger partial charge in [-0.05, 0) is 84.1 Å². The van der Waals surface area contributed by atoms with E-state index in [0.29, 0.717) is 24.1 Å². The van der Waals surface area contributed by atoms with E-state index in [9.17, 15) is 14.4 Å². The predicted octanol–water partition coefficient (Wildman–Crippen LogP) is 4.88. The summed E-state index contributed by atoms with van der Waals surface area (Å²) in [6.45, 7) is 16.6. The lowest BCUT2D eigenvalue weighted by molar-refractivity contribution is -0.134. The number of hydrogen-bond donors (Lipinski definition) is 2. The molecule has 0 aliphatic heterocycles. The number of hydrogen-bond acceptors (Lipinski definition) is 3. The third-order valence-corrected chi connectivity index (χ3v) is 5.32. The van der Waals surface area contributed by atoms with Crippen molar-refractivity contribution in [3.8, 4) is 0 Å². The molecular formula is C26H43N3O3. The molecule has 3 amide bonds. The van der Waals surface area contributed by atoms with Crippen molar-refractivity contribution in [1.29, 1.82) is 0 Å². The highest BCUT2D eigenvalue weighted by Gasteiger charge is 2.19. The number of nitrogens with zero attached hydrogens (tertiary/aromatic N) is 1. The van der Waals surface area contributed by atoms with Crippen molar-refractivity contribution in [3.05, 3.63) is 34.9 Å². The van der Waals surface area contributed by atoms with E-state index in [4.69, 9.17) is 0 Å². The Morgan fingerprint density at radius 3 is 1.84 bits per heavy atom. The van der Waals surface area contributed by atoms with Crippen LogP contribution in [0.5, 0.6) is 0 Å². The average Bonchev–Trinajstić information content (AvgIpc) is 2.68. The molecule has 0 fully saturated rings. The summed E-state index contributed by atoms with van der Waals surface area (Å²) in [5.74, 6) is 0.0601. The Bertz CT molecular complexity index is 762. The number of carbonyl (C=O) groups is 3. The molecule has 0 saturated carbocycles. The van der Waals surface area contributed by atoms with E-state index in [-0.39, 0.29) is 41.8 Å². The lowest BCUT2D eigenvalue weighted by Gasteiger charge is -2.30. The Hall–Kier alpha value is -2.37. The average molecular weight is 446 g/mol. The van der Waals surface area contributed by atoms with Crippen molar-refractivity contribution in [2.75, 3.05) is 6.54 Å². The predicted molar refractivity (Wildman–Crippen MR) is 131 cm³/mol. The SMILES string of the molecule is CC(C)NC(=O)c1cc(C(=O)NCCCCCC(=O)N(C(C)C)C(C)C)cc(C(C)C)c1. The first-order valence-electron chi connectivity index (χ1n) is 12.0. The summed E-state index contributed by atoms with van der Waals surface area (Å²) in [6.07, 6.45) is 3.04. The van der Waals surface area contributed by atoms with E-state index >= 15 is 0 Å². The maximum Gasteiger partial charge on any atom is 0.251 e. The highest BCUT2D eigenvalue weighted by Crippen LogP contribution is 2.19. The van der Waals surface area contributed by atoms with Gasteiger partial charge >= 0.3 is 0 Å². The van der Waals surface area contributed by atoms with Gasteiger partial charge in [-0.15, -0.1) is 0 Å². The summed E-state index contributed by atoms with van der Waals surface area (Å²) in [5.41, 5.74) is 1.98. The molecule has 0 aromatic heterocycles. The van der Waals surface area contributed by atoms with Crippen molar-refractivity contribution in [1.82, 2.24) is 15.5 Å². The van der Waals surface area contributed by atoms with E-state index in [0.717, 1.165) is 24.8 Å². The Labute approximate surface area is 194 Å². The molecule has 2 N–H and O–H groups in total. The minimum Gasteiger partial charge on any atom is -0.352 e. The summed E-state index contributed by atoms with van der Waals surface area (Å²) < 4.78 is 0. The second-order valence-electron chi connectivity index (χ2n) is 9.68. The third-order valence-electron chi connectivity index (χ3n) is 5.32. The summed E-state index contributed by atoms with van der Waals surface area (Å²) in [5, 5.41) is 5.84. The van der Waals surface area contributed by atoms with Gasteiger partial charge in [0.1, 0.15) is 0 Å². The maximum absolute atomic E-state index is 12.7. The van der Waals surface area contributed by atoms with Crippen molar-refractivity contribution >= 4 is 17.7 Å². The molecule has 1 aromatic rings. The fraction of sp³-hybridized carbons (Fsp3) is 0.654. The fourth-order valence-corrected chi connectivity index (χ4v) is 3.78.